The van der Waals surface area contributed by atoms with Crippen LogP contribution in [0.2, 0.25) is 0 Å². The zero-order chi connectivity index (χ0) is 22.7. The van der Waals surface area contributed by atoms with Crippen molar-refractivity contribution in [2.45, 2.75) is 19.4 Å². The van der Waals surface area contributed by atoms with E-state index in [9.17, 15) is 14.3 Å². The normalized spacial score (nSPS) is 11.8. The van der Waals surface area contributed by atoms with Gasteiger partial charge < -0.3 is 20.9 Å². The average molecular weight is 431 g/mol. The number of carboxylic acids is 1. The molecule has 4 rings (SSSR count). The minimum Gasteiger partial charge on any atom is -0.494 e. The van der Waals surface area contributed by atoms with Gasteiger partial charge in [-0.2, -0.15) is 0 Å². The number of aromatic nitrogens is 1. The molecule has 32 heavy (non-hydrogen) atoms. The van der Waals surface area contributed by atoms with Gasteiger partial charge in [-0.05, 0) is 47.9 Å². The van der Waals surface area contributed by atoms with Gasteiger partial charge in [0, 0.05) is 23.9 Å². The quantitative estimate of drug-likeness (QED) is 0.319. The fourth-order valence-corrected chi connectivity index (χ4v) is 3.58. The largest absolute Gasteiger partial charge is 0.494 e. The number of benzene rings is 3. The van der Waals surface area contributed by atoms with Crippen molar-refractivity contribution in [1.82, 2.24) is 4.98 Å². The Labute approximate surface area is 183 Å². The van der Waals surface area contributed by atoms with E-state index >= 15 is 0 Å². The molecular formula is C25H22FN3O3. The minimum atomic E-state index is -0.854. The molecule has 0 aliphatic carbocycles. The molecule has 5 N–H and O–H groups in total. The van der Waals surface area contributed by atoms with Gasteiger partial charge in [0.15, 0.2) is 5.88 Å². The van der Waals surface area contributed by atoms with E-state index in [2.05, 4.69) is 4.98 Å². The van der Waals surface area contributed by atoms with Gasteiger partial charge in [0.2, 0.25) is 0 Å². The zero-order valence-corrected chi connectivity index (χ0v) is 17.2. The summed E-state index contributed by atoms with van der Waals surface area (Å²) in [5, 5.41) is 20.2. The summed E-state index contributed by atoms with van der Waals surface area (Å²) in [6.45, 7) is 0.420. The number of H-pyrrole nitrogens is 1. The van der Waals surface area contributed by atoms with Gasteiger partial charge in [-0.1, -0.05) is 36.4 Å². The smallest absolute Gasteiger partial charge is 0.303 e. The third kappa shape index (κ3) is 4.53. The molecule has 0 atom stereocenters. The predicted octanol–water partition coefficient (Wildman–Crippen LogP) is 4.66. The summed E-state index contributed by atoms with van der Waals surface area (Å²) in [5.74, 6) is -1.38. The number of fused-ring (bicyclic) bond motifs is 1. The van der Waals surface area contributed by atoms with Crippen LogP contribution in [-0.4, -0.2) is 26.9 Å². The van der Waals surface area contributed by atoms with Crippen LogP contribution in [0.5, 0.6) is 5.88 Å². The number of aromatic hydroxyl groups is 1. The SMILES string of the molecule is NCc1ccc(N=C(c2ccc(CCC(=O)O)cc2)c2c(O)[nH]c3cc(F)ccc23)cc1. The number of carboxylic acid groups (broad SMARTS) is 1. The molecule has 0 amide bonds. The van der Waals surface area contributed by atoms with E-state index in [4.69, 9.17) is 15.8 Å². The number of carbonyl (C=O) groups is 1. The monoisotopic (exact) mass is 431 g/mol. The molecule has 0 bridgehead atoms. The number of aromatic amines is 1. The van der Waals surface area contributed by atoms with Crippen molar-refractivity contribution in [1.29, 1.82) is 0 Å². The lowest BCUT2D eigenvalue weighted by Crippen LogP contribution is -2.04. The second-order valence-corrected chi connectivity index (χ2v) is 7.46. The Morgan fingerprint density at radius 1 is 1.00 bits per heavy atom. The van der Waals surface area contributed by atoms with Gasteiger partial charge in [0.25, 0.3) is 0 Å². The Morgan fingerprint density at radius 3 is 2.34 bits per heavy atom. The number of hydrogen-bond donors (Lipinski definition) is 4. The lowest BCUT2D eigenvalue weighted by Gasteiger charge is -2.09. The minimum absolute atomic E-state index is 0.0442. The Bertz CT molecular complexity index is 1290. The number of nitrogens with zero attached hydrogens (tertiary/aromatic N) is 1. The topological polar surface area (TPSA) is 112 Å². The van der Waals surface area contributed by atoms with Gasteiger partial charge in [0.05, 0.1) is 22.5 Å². The lowest BCUT2D eigenvalue weighted by molar-refractivity contribution is -0.136. The number of aliphatic imine (C=N–C) groups is 1. The van der Waals surface area contributed by atoms with E-state index in [1.165, 1.54) is 12.1 Å². The Balaban J connectivity index is 1.83. The summed E-state index contributed by atoms with van der Waals surface area (Å²) in [4.78, 5) is 18.5. The van der Waals surface area contributed by atoms with Crippen molar-refractivity contribution >= 4 is 28.3 Å². The van der Waals surface area contributed by atoms with Crippen molar-refractivity contribution in [3.05, 3.63) is 94.8 Å². The molecule has 0 saturated heterocycles. The van der Waals surface area contributed by atoms with Crippen molar-refractivity contribution in [2.24, 2.45) is 10.7 Å². The molecule has 0 saturated carbocycles. The first-order chi connectivity index (χ1) is 15.4. The van der Waals surface area contributed by atoms with Gasteiger partial charge in [-0.3, -0.25) is 4.79 Å². The van der Waals surface area contributed by atoms with E-state index in [1.807, 2.05) is 48.5 Å². The van der Waals surface area contributed by atoms with Crippen LogP contribution >= 0.6 is 0 Å². The summed E-state index contributed by atoms with van der Waals surface area (Å²) in [5.41, 5.74) is 10.4. The van der Waals surface area contributed by atoms with Crippen LogP contribution < -0.4 is 5.73 Å². The van der Waals surface area contributed by atoms with Gasteiger partial charge in [-0.25, -0.2) is 9.38 Å². The maximum atomic E-state index is 13.7. The summed E-state index contributed by atoms with van der Waals surface area (Å²) in [6, 6.07) is 19.1. The fraction of sp³-hybridized carbons (Fsp3) is 0.120. The highest BCUT2D eigenvalue weighted by Gasteiger charge is 2.19. The number of rotatable bonds is 7. The van der Waals surface area contributed by atoms with E-state index in [-0.39, 0.29) is 12.3 Å². The number of nitrogens with one attached hydrogen (secondary N) is 1. The first kappa shape index (κ1) is 21.3. The highest BCUT2D eigenvalue weighted by molar-refractivity contribution is 6.21. The van der Waals surface area contributed by atoms with Crippen LogP contribution in [0, 0.1) is 5.82 Å². The predicted molar refractivity (Wildman–Crippen MR) is 122 cm³/mol. The molecule has 162 valence electrons. The van der Waals surface area contributed by atoms with Crippen LogP contribution in [0.1, 0.15) is 28.7 Å². The van der Waals surface area contributed by atoms with E-state index in [1.54, 1.807) is 6.07 Å². The Morgan fingerprint density at radius 2 is 1.69 bits per heavy atom. The first-order valence-electron chi connectivity index (χ1n) is 10.1. The summed E-state index contributed by atoms with van der Waals surface area (Å²) >= 11 is 0. The number of aryl methyl sites for hydroxylation is 1. The molecule has 0 radical (unpaired) electrons. The lowest BCUT2D eigenvalue weighted by atomic mass is 9.98. The maximum Gasteiger partial charge on any atom is 0.303 e. The molecule has 0 unspecified atom stereocenters. The number of aliphatic carboxylic acids is 1. The number of nitrogens with two attached hydrogens (primary N) is 1. The van der Waals surface area contributed by atoms with E-state index in [0.717, 1.165) is 16.7 Å². The Hall–Kier alpha value is -3.97. The number of hydrogen-bond acceptors (Lipinski definition) is 4. The second kappa shape index (κ2) is 9.03. The van der Waals surface area contributed by atoms with Crippen LogP contribution in [-0.2, 0) is 17.8 Å². The molecule has 1 aromatic heterocycles. The highest BCUT2D eigenvalue weighted by atomic mass is 19.1. The summed E-state index contributed by atoms with van der Waals surface area (Å²) in [6.07, 6.45) is 0.461. The molecule has 6 nitrogen and oxygen atoms in total. The van der Waals surface area contributed by atoms with Crippen LogP contribution in [0.15, 0.2) is 71.7 Å². The molecule has 7 heteroatoms. The van der Waals surface area contributed by atoms with Crippen LogP contribution in [0.3, 0.4) is 0 Å². The maximum absolute atomic E-state index is 13.7. The van der Waals surface area contributed by atoms with E-state index in [0.29, 0.717) is 40.8 Å². The summed E-state index contributed by atoms with van der Waals surface area (Å²) in [7, 11) is 0. The standard InChI is InChI=1S/C25H22FN3O3/c26-18-8-11-20-21(13-18)29-25(32)23(20)24(28-19-9-3-16(14-27)4-10-19)17-6-1-15(2-7-17)5-12-22(30)31/h1-4,6-11,13,29,32H,5,12,14,27H2,(H,30,31). The van der Waals surface area contributed by atoms with Crippen LogP contribution in [0.4, 0.5) is 10.1 Å². The van der Waals surface area contributed by atoms with Gasteiger partial charge in [0.1, 0.15) is 5.82 Å². The van der Waals surface area contributed by atoms with E-state index < -0.39 is 11.8 Å². The fourth-order valence-electron chi connectivity index (χ4n) is 3.58. The molecule has 0 aliphatic rings. The van der Waals surface area contributed by atoms with Crippen molar-refractivity contribution in [2.75, 3.05) is 0 Å². The van der Waals surface area contributed by atoms with Crippen molar-refractivity contribution in [3.63, 3.8) is 0 Å². The number of halogens is 1. The Kier molecular flexibility index (Phi) is 6.00. The molecular weight excluding hydrogens is 409 g/mol. The first-order valence-corrected chi connectivity index (χ1v) is 10.1. The molecule has 1 heterocycles. The van der Waals surface area contributed by atoms with Gasteiger partial charge >= 0.3 is 5.97 Å². The van der Waals surface area contributed by atoms with Crippen LogP contribution in [0.25, 0.3) is 10.9 Å². The molecule has 0 fully saturated rings. The third-order valence-electron chi connectivity index (χ3n) is 5.25. The highest BCUT2D eigenvalue weighted by Crippen LogP contribution is 2.32. The van der Waals surface area contributed by atoms with Crippen molar-refractivity contribution < 1.29 is 19.4 Å². The molecule has 3 aromatic carbocycles. The average Bonchev–Trinajstić information content (AvgIpc) is 3.11. The third-order valence-corrected chi connectivity index (χ3v) is 5.25. The summed E-state index contributed by atoms with van der Waals surface area (Å²) < 4.78 is 13.7. The second-order valence-electron chi connectivity index (χ2n) is 7.46. The zero-order valence-electron chi connectivity index (χ0n) is 17.2. The van der Waals surface area contributed by atoms with Crippen molar-refractivity contribution in [3.8, 4) is 5.88 Å². The molecule has 4 aromatic rings. The molecule has 0 aliphatic heterocycles. The molecule has 0 spiro atoms. The van der Waals surface area contributed by atoms with Gasteiger partial charge in [-0.15, -0.1) is 0 Å².